The first-order valence-electron chi connectivity index (χ1n) is 6.70. The molecule has 0 saturated carbocycles. The van der Waals surface area contributed by atoms with Crippen molar-refractivity contribution in [3.8, 4) is 0 Å². The number of ether oxygens (including phenoxy) is 1. The molecule has 3 heteroatoms. The van der Waals surface area contributed by atoms with Gasteiger partial charge in [0, 0.05) is 6.42 Å². The van der Waals surface area contributed by atoms with Crippen molar-refractivity contribution < 1.29 is 14.0 Å². The number of likely N-dealkylation sites (N-methyl/N-ethyl adjacent to an activating group) is 1. The highest BCUT2D eigenvalue weighted by molar-refractivity contribution is 5.69. The highest BCUT2D eigenvalue weighted by atomic mass is 16.5. The Bertz CT molecular complexity index is 222. The molecule has 3 nitrogen and oxygen atoms in total. The highest BCUT2D eigenvalue weighted by Crippen LogP contribution is 2.07. The number of carbonyl (C=O) groups excluding carboxylic acids is 1. The lowest BCUT2D eigenvalue weighted by Gasteiger charge is -2.30. The lowest BCUT2D eigenvalue weighted by atomic mass is 10.1. The van der Waals surface area contributed by atoms with Crippen LogP contribution in [0, 0.1) is 11.8 Å². The van der Waals surface area contributed by atoms with E-state index in [1.54, 1.807) is 0 Å². The van der Waals surface area contributed by atoms with Crippen LogP contribution >= 0.6 is 0 Å². The van der Waals surface area contributed by atoms with Gasteiger partial charge in [-0.15, -0.1) is 0 Å². The molecule has 0 N–H and O–H groups in total. The maximum atomic E-state index is 11.4. The normalized spacial score (nSPS) is 12.2. The molecule has 0 aromatic carbocycles. The van der Waals surface area contributed by atoms with Crippen LogP contribution in [0.1, 0.15) is 40.5 Å². The molecule has 102 valence electrons. The summed E-state index contributed by atoms with van der Waals surface area (Å²) in [4.78, 5) is 11.4. The summed E-state index contributed by atoms with van der Waals surface area (Å²) in [7, 11) is 4.39. The molecule has 0 spiro atoms. The van der Waals surface area contributed by atoms with Gasteiger partial charge in [0.2, 0.25) is 0 Å². The smallest absolute Gasteiger partial charge is 0.306 e. The average molecular weight is 244 g/mol. The van der Waals surface area contributed by atoms with E-state index in [9.17, 15) is 4.79 Å². The van der Waals surface area contributed by atoms with Crippen molar-refractivity contribution in [2.24, 2.45) is 11.8 Å². The summed E-state index contributed by atoms with van der Waals surface area (Å²) in [6.07, 6.45) is 1.74. The van der Waals surface area contributed by atoms with Crippen LogP contribution in [0.2, 0.25) is 0 Å². The third-order valence-corrected chi connectivity index (χ3v) is 2.85. The molecule has 0 aliphatic rings. The molecule has 0 aliphatic heterocycles. The highest BCUT2D eigenvalue weighted by Gasteiger charge is 2.16. The summed E-state index contributed by atoms with van der Waals surface area (Å²) in [5.74, 6) is 1.05. The van der Waals surface area contributed by atoms with Crippen LogP contribution in [0.5, 0.6) is 0 Å². The third kappa shape index (κ3) is 10.3. The molecule has 0 rings (SSSR count). The molecule has 17 heavy (non-hydrogen) atoms. The van der Waals surface area contributed by atoms with Crippen molar-refractivity contribution >= 4 is 5.97 Å². The first kappa shape index (κ1) is 16.4. The first-order chi connectivity index (χ1) is 7.73. The second-order valence-corrected chi connectivity index (χ2v) is 6.38. The quantitative estimate of drug-likeness (QED) is 0.485. The largest absolute Gasteiger partial charge is 0.460 e. The predicted molar refractivity (Wildman–Crippen MR) is 71.7 cm³/mol. The van der Waals surface area contributed by atoms with Crippen molar-refractivity contribution in [3.63, 3.8) is 0 Å². The number of rotatable bonds is 8. The molecule has 0 fully saturated rings. The Balaban J connectivity index is 3.75. The number of quaternary nitrogens is 1. The summed E-state index contributed by atoms with van der Waals surface area (Å²) in [6.45, 7) is 11.1. The van der Waals surface area contributed by atoms with Gasteiger partial charge in [-0.2, -0.15) is 0 Å². The van der Waals surface area contributed by atoms with Gasteiger partial charge in [-0.3, -0.25) is 4.79 Å². The number of esters is 1. The van der Waals surface area contributed by atoms with Gasteiger partial charge in [0.05, 0.1) is 20.6 Å². The van der Waals surface area contributed by atoms with Crippen LogP contribution in [0.3, 0.4) is 0 Å². The first-order valence-corrected chi connectivity index (χ1v) is 6.70. The van der Waals surface area contributed by atoms with Crippen LogP contribution in [0.15, 0.2) is 0 Å². The zero-order valence-electron chi connectivity index (χ0n) is 12.5. The molecule has 0 atom stereocenters. The van der Waals surface area contributed by atoms with Crippen molar-refractivity contribution in [2.75, 3.05) is 33.8 Å². The summed E-state index contributed by atoms with van der Waals surface area (Å²) in [5.41, 5.74) is 0. The second kappa shape index (κ2) is 7.70. The molecule has 0 aliphatic carbocycles. The number of carbonyl (C=O) groups is 1. The number of nitrogens with zero attached hydrogens (tertiary/aromatic N) is 1. The summed E-state index contributed by atoms with van der Waals surface area (Å²) >= 11 is 0. The monoisotopic (exact) mass is 244 g/mol. The van der Waals surface area contributed by atoms with E-state index in [4.69, 9.17) is 4.74 Å². The molecule has 0 heterocycles. The number of hydrogen-bond donors (Lipinski definition) is 0. The molecule has 0 bridgehead atoms. The summed E-state index contributed by atoms with van der Waals surface area (Å²) in [5, 5.41) is 0. The van der Waals surface area contributed by atoms with Gasteiger partial charge in [0.15, 0.2) is 0 Å². The lowest BCUT2D eigenvalue weighted by Crippen LogP contribution is -2.43. The summed E-state index contributed by atoms with van der Waals surface area (Å²) in [6, 6.07) is 0. The molecule has 0 unspecified atom stereocenters. The minimum atomic E-state index is -0.0659. The maximum absolute atomic E-state index is 11.4. The van der Waals surface area contributed by atoms with Crippen LogP contribution in [0.4, 0.5) is 0 Å². The van der Waals surface area contributed by atoms with E-state index in [0.29, 0.717) is 18.9 Å². The van der Waals surface area contributed by atoms with Crippen molar-refractivity contribution in [3.05, 3.63) is 0 Å². The minimum absolute atomic E-state index is 0.0659. The maximum Gasteiger partial charge on any atom is 0.306 e. The predicted octanol–water partition coefficient (Wildman–Crippen LogP) is 2.70. The molecule has 0 aromatic rings. The van der Waals surface area contributed by atoms with Gasteiger partial charge in [0.25, 0.3) is 0 Å². The van der Waals surface area contributed by atoms with E-state index < -0.39 is 0 Å². The van der Waals surface area contributed by atoms with E-state index in [1.165, 1.54) is 6.42 Å². The molecule has 0 radical (unpaired) electrons. The van der Waals surface area contributed by atoms with Gasteiger partial charge in [-0.1, -0.05) is 27.7 Å². The van der Waals surface area contributed by atoms with Crippen LogP contribution < -0.4 is 0 Å². The molecular weight excluding hydrogens is 214 g/mol. The van der Waals surface area contributed by atoms with Crippen molar-refractivity contribution in [1.82, 2.24) is 0 Å². The Morgan fingerprint density at radius 1 is 1.06 bits per heavy atom. The zero-order chi connectivity index (χ0) is 13.5. The fourth-order valence-electron chi connectivity index (χ4n) is 1.52. The van der Waals surface area contributed by atoms with Crippen LogP contribution in [-0.2, 0) is 9.53 Å². The van der Waals surface area contributed by atoms with Gasteiger partial charge < -0.3 is 9.22 Å². The van der Waals surface area contributed by atoms with Gasteiger partial charge in [-0.25, -0.2) is 0 Å². The minimum Gasteiger partial charge on any atom is -0.460 e. The fraction of sp³-hybridized carbons (Fsp3) is 0.929. The Morgan fingerprint density at radius 3 is 2.12 bits per heavy atom. The Morgan fingerprint density at radius 2 is 1.65 bits per heavy atom. The van der Waals surface area contributed by atoms with E-state index in [1.807, 2.05) is 13.8 Å². The van der Waals surface area contributed by atoms with Gasteiger partial charge in [0.1, 0.15) is 13.2 Å². The van der Waals surface area contributed by atoms with E-state index >= 15 is 0 Å². The lowest BCUT2D eigenvalue weighted by molar-refractivity contribution is -0.891. The van der Waals surface area contributed by atoms with E-state index in [2.05, 4.69) is 27.9 Å². The molecular formula is C14H30NO2+. The zero-order valence-corrected chi connectivity index (χ0v) is 12.5. The molecule has 0 aromatic heterocycles. The van der Waals surface area contributed by atoms with Gasteiger partial charge in [-0.05, 0) is 18.3 Å². The number of hydrogen-bond acceptors (Lipinski definition) is 2. The molecule has 0 saturated heterocycles. The molecule has 0 amide bonds. The standard InChI is InChI=1S/C14H30NO2/c1-12(2)7-8-15(5,6)9-10-17-14(16)11-13(3)4/h12-13H,7-11H2,1-6H3/q+1. The third-order valence-electron chi connectivity index (χ3n) is 2.85. The average Bonchev–Trinajstić information content (AvgIpc) is 2.13. The SMILES string of the molecule is CC(C)CC[N+](C)(C)CCOC(=O)CC(C)C. The van der Waals surface area contributed by atoms with Crippen LogP contribution in [-0.4, -0.2) is 44.2 Å². The Labute approximate surface area is 107 Å². The Hall–Kier alpha value is -0.570. The van der Waals surface area contributed by atoms with Crippen LogP contribution in [0.25, 0.3) is 0 Å². The Kier molecular flexibility index (Phi) is 7.44. The second-order valence-electron chi connectivity index (χ2n) is 6.38. The van der Waals surface area contributed by atoms with E-state index in [0.717, 1.165) is 23.5 Å². The van der Waals surface area contributed by atoms with Gasteiger partial charge >= 0.3 is 5.97 Å². The van der Waals surface area contributed by atoms with E-state index in [-0.39, 0.29) is 5.97 Å². The topological polar surface area (TPSA) is 26.3 Å². The summed E-state index contributed by atoms with van der Waals surface area (Å²) < 4.78 is 6.16. The van der Waals surface area contributed by atoms with Crippen molar-refractivity contribution in [2.45, 2.75) is 40.5 Å². The van der Waals surface area contributed by atoms with Crippen molar-refractivity contribution in [1.29, 1.82) is 0 Å². The fourth-order valence-corrected chi connectivity index (χ4v) is 1.52.